The predicted octanol–water partition coefficient (Wildman–Crippen LogP) is 3.81. The summed E-state index contributed by atoms with van der Waals surface area (Å²) in [5, 5.41) is 10.8. The molecule has 3 aromatic heterocycles. The van der Waals surface area contributed by atoms with Gasteiger partial charge in [-0.3, -0.25) is 9.20 Å². The fourth-order valence-electron chi connectivity index (χ4n) is 4.45. The molecule has 2 atom stereocenters. The van der Waals surface area contributed by atoms with Crippen LogP contribution in [0.25, 0.3) is 15.9 Å². The van der Waals surface area contributed by atoms with Crippen LogP contribution in [0.4, 0.5) is 0 Å². The average Bonchev–Trinajstić information content (AvgIpc) is 3.26. The van der Waals surface area contributed by atoms with Crippen LogP contribution in [0, 0.1) is 11.8 Å². The van der Waals surface area contributed by atoms with Crippen LogP contribution in [-0.4, -0.2) is 49.2 Å². The predicted molar refractivity (Wildman–Crippen MR) is 113 cm³/mol. The topological polar surface area (TPSA) is 63.4 Å². The van der Waals surface area contributed by atoms with Gasteiger partial charge in [0, 0.05) is 18.0 Å². The summed E-state index contributed by atoms with van der Waals surface area (Å²) in [4.78, 5) is 21.8. The van der Waals surface area contributed by atoms with Crippen molar-refractivity contribution in [1.29, 1.82) is 0 Å². The minimum atomic E-state index is 0.198. The zero-order chi connectivity index (χ0) is 19.3. The van der Waals surface area contributed by atoms with Crippen molar-refractivity contribution in [3.8, 4) is 0 Å². The van der Waals surface area contributed by atoms with E-state index < -0.39 is 0 Å². The molecule has 1 aliphatic carbocycles. The molecule has 148 valence electrons. The molecule has 2 aliphatic rings. The molecule has 28 heavy (non-hydrogen) atoms. The molecule has 1 saturated heterocycles. The van der Waals surface area contributed by atoms with E-state index in [0.717, 1.165) is 53.9 Å². The number of carbonyl (C=O) groups excluding carboxylic acids is 1. The lowest BCUT2D eigenvalue weighted by atomic mass is 9.89. The normalized spacial score (nSPS) is 22.7. The molecular formula is C20H25N5OS2. The molecule has 0 N–H and O–H groups in total. The molecule has 1 aliphatic heterocycles. The average molecular weight is 416 g/mol. The second kappa shape index (κ2) is 7.30. The SMILES string of the molecule is CC1CCc2c(sc3ncn4c(SCC(=O)N5CCCC(C)C5)nnc4c23)C1. The van der Waals surface area contributed by atoms with E-state index in [9.17, 15) is 4.79 Å². The number of nitrogens with zero attached hydrogens (tertiary/aromatic N) is 5. The van der Waals surface area contributed by atoms with Crippen molar-refractivity contribution in [2.45, 2.75) is 51.1 Å². The molecule has 0 bridgehead atoms. The zero-order valence-electron chi connectivity index (χ0n) is 16.3. The van der Waals surface area contributed by atoms with E-state index >= 15 is 0 Å². The molecule has 6 nitrogen and oxygen atoms in total. The van der Waals surface area contributed by atoms with E-state index in [-0.39, 0.29) is 5.91 Å². The van der Waals surface area contributed by atoms with E-state index in [1.54, 1.807) is 11.3 Å². The molecule has 1 amide bonds. The summed E-state index contributed by atoms with van der Waals surface area (Å²) in [6.07, 6.45) is 7.60. The quantitative estimate of drug-likeness (QED) is 0.609. The number of piperidine rings is 1. The Labute approximate surface area is 172 Å². The van der Waals surface area contributed by atoms with Crippen molar-refractivity contribution in [2.24, 2.45) is 11.8 Å². The summed E-state index contributed by atoms with van der Waals surface area (Å²) >= 11 is 3.28. The van der Waals surface area contributed by atoms with E-state index in [0.29, 0.717) is 11.7 Å². The Morgan fingerprint density at radius 3 is 3.04 bits per heavy atom. The highest BCUT2D eigenvalue weighted by Gasteiger charge is 2.25. The van der Waals surface area contributed by atoms with E-state index in [2.05, 4.69) is 24.0 Å². The number of hydrogen-bond donors (Lipinski definition) is 0. The van der Waals surface area contributed by atoms with E-state index in [1.807, 2.05) is 15.6 Å². The summed E-state index contributed by atoms with van der Waals surface area (Å²) in [6, 6.07) is 0. The van der Waals surface area contributed by atoms with Crippen LogP contribution in [0.5, 0.6) is 0 Å². The first-order valence-corrected chi connectivity index (χ1v) is 11.9. The van der Waals surface area contributed by atoms with Crippen molar-refractivity contribution in [2.75, 3.05) is 18.8 Å². The van der Waals surface area contributed by atoms with Crippen molar-refractivity contribution < 1.29 is 4.79 Å². The number of hydrogen-bond acceptors (Lipinski definition) is 6. The fraction of sp³-hybridized carbons (Fsp3) is 0.600. The van der Waals surface area contributed by atoms with Gasteiger partial charge in [-0.25, -0.2) is 4.98 Å². The maximum Gasteiger partial charge on any atom is 0.233 e. The highest BCUT2D eigenvalue weighted by molar-refractivity contribution is 7.99. The lowest BCUT2D eigenvalue weighted by molar-refractivity contribution is -0.130. The summed E-state index contributed by atoms with van der Waals surface area (Å²) < 4.78 is 1.96. The smallest absolute Gasteiger partial charge is 0.233 e. The lowest BCUT2D eigenvalue weighted by Gasteiger charge is -2.30. The molecule has 3 aromatic rings. The monoisotopic (exact) mass is 415 g/mol. The van der Waals surface area contributed by atoms with Crippen LogP contribution in [-0.2, 0) is 17.6 Å². The van der Waals surface area contributed by atoms with Crippen molar-refractivity contribution in [3.05, 3.63) is 16.8 Å². The molecule has 5 rings (SSSR count). The Bertz CT molecular complexity index is 1040. The Morgan fingerprint density at radius 1 is 1.29 bits per heavy atom. The van der Waals surface area contributed by atoms with Crippen LogP contribution in [0.2, 0.25) is 0 Å². The van der Waals surface area contributed by atoms with Gasteiger partial charge in [-0.1, -0.05) is 25.6 Å². The first-order chi connectivity index (χ1) is 13.6. The summed E-state index contributed by atoms with van der Waals surface area (Å²) in [5.74, 6) is 1.94. The third-order valence-electron chi connectivity index (χ3n) is 6.01. The number of thioether (sulfide) groups is 1. The lowest BCUT2D eigenvalue weighted by Crippen LogP contribution is -2.40. The van der Waals surface area contributed by atoms with Gasteiger partial charge in [0.05, 0.1) is 11.1 Å². The fourth-order valence-corrected chi connectivity index (χ4v) is 6.60. The van der Waals surface area contributed by atoms with Gasteiger partial charge >= 0.3 is 0 Å². The van der Waals surface area contributed by atoms with Gasteiger partial charge in [0.2, 0.25) is 5.91 Å². The molecule has 1 fully saturated rings. The Hall–Kier alpha value is -1.67. The van der Waals surface area contributed by atoms with Crippen LogP contribution < -0.4 is 0 Å². The first kappa shape index (κ1) is 18.4. The molecule has 4 heterocycles. The third-order valence-corrected chi connectivity index (χ3v) is 8.10. The number of likely N-dealkylation sites (tertiary alicyclic amines) is 1. The van der Waals surface area contributed by atoms with Gasteiger partial charge in [-0.15, -0.1) is 21.5 Å². The van der Waals surface area contributed by atoms with Gasteiger partial charge < -0.3 is 4.90 Å². The summed E-state index contributed by atoms with van der Waals surface area (Å²) in [6.45, 7) is 6.30. The Morgan fingerprint density at radius 2 is 2.18 bits per heavy atom. The van der Waals surface area contributed by atoms with Crippen LogP contribution in [0.3, 0.4) is 0 Å². The first-order valence-electron chi connectivity index (χ1n) is 10.1. The van der Waals surface area contributed by atoms with Crippen molar-refractivity contribution in [1.82, 2.24) is 24.5 Å². The molecule has 0 saturated carbocycles. The number of fused-ring (bicyclic) bond motifs is 5. The number of aryl methyl sites for hydroxylation is 1. The highest BCUT2D eigenvalue weighted by Crippen LogP contribution is 2.39. The summed E-state index contributed by atoms with van der Waals surface area (Å²) in [5.41, 5.74) is 2.30. The van der Waals surface area contributed by atoms with Crippen molar-refractivity contribution in [3.63, 3.8) is 0 Å². The number of aromatic nitrogens is 4. The molecule has 2 unspecified atom stereocenters. The molecular weight excluding hydrogens is 390 g/mol. The summed E-state index contributed by atoms with van der Waals surface area (Å²) in [7, 11) is 0. The Balaban J connectivity index is 1.40. The minimum absolute atomic E-state index is 0.198. The molecule has 0 aromatic carbocycles. The minimum Gasteiger partial charge on any atom is -0.342 e. The van der Waals surface area contributed by atoms with Gasteiger partial charge in [0.15, 0.2) is 10.8 Å². The number of thiophene rings is 1. The second-order valence-electron chi connectivity index (χ2n) is 8.33. The van der Waals surface area contributed by atoms with E-state index in [1.165, 1.54) is 40.4 Å². The van der Waals surface area contributed by atoms with Crippen LogP contribution in [0.15, 0.2) is 11.5 Å². The number of rotatable bonds is 3. The third kappa shape index (κ3) is 3.20. The standard InChI is InChI=1S/C20H25N5OS2/c1-12-5-6-14-15(8-12)28-19-17(14)18-22-23-20(25(18)11-21-19)27-10-16(26)24-7-3-4-13(2)9-24/h11-13H,3-10H2,1-2H3. The molecule has 8 heteroatoms. The largest absolute Gasteiger partial charge is 0.342 e. The maximum atomic E-state index is 12.6. The second-order valence-corrected chi connectivity index (χ2v) is 10.4. The van der Waals surface area contributed by atoms with Gasteiger partial charge in [-0.2, -0.15) is 0 Å². The molecule has 0 spiro atoms. The zero-order valence-corrected chi connectivity index (χ0v) is 18.0. The van der Waals surface area contributed by atoms with Gasteiger partial charge in [0.1, 0.15) is 11.2 Å². The highest BCUT2D eigenvalue weighted by atomic mass is 32.2. The van der Waals surface area contributed by atoms with Gasteiger partial charge in [0.25, 0.3) is 0 Å². The molecule has 0 radical (unpaired) electrons. The van der Waals surface area contributed by atoms with Crippen LogP contribution >= 0.6 is 23.1 Å². The van der Waals surface area contributed by atoms with Gasteiger partial charge in [-0.05, 0) is 49.5 Å². The van der Waals surface area contributed by atoms with E-state index in [4.69, 9.17) is 4.98 Å². The number of carbonyl (C=O) groups is 1. The van der Waals surface area contributed by atoms with Crippen molar-refractivity contribution >= 4 is 44.9 Å². The van der Waals surface area contributed by atoms with Crippen LogP contribution in [0.1, 0.15) is 43.6 Å². The number of amides is 1. The Kier molecular flexibility index (Phi) is 4.79. The maximum absolute atomic E-state index is 12.6.